The van der Waals surface area contributed by atoms with Crippen LogP contribution in [0.5, 0.6) is 0 Å². The molecule has 2 N–H and O–H groups in total. The first kappa shape index (κ1) is 10.3. The van der Waals surface area contributed by atoms with E-state index in [9.17, 15) is 4.79 Å². The van der Waals surface area contributed by atoms with Gasteiger partial charge in [0, 0.05) is 39.4 Å². The number of hydrogen-bond acceptors (Lipinski definition) is 3. The van der Waals surface area contributed by atoms with Gasteiger partial charge < -0.3 is 20.1 Å². The highest BCUT2D eigenvalue weighted by Crippen LogP contribution is 2.07. The molecule has 76 valence electrons. The van der Waals surface area contributed by atoms with Gasteiger partial charge in [0.1, 0.15) is 0 Å². The van der Waals surface area contributed by atoms with Crippen LogP contribution in [0.3, 0.4) is 0 Å². The lowest BCUT2D eigenvalue weighted by molar-refractivity contribution is 0.0934. The minimum Gasteiger partial charge on any atom is -0.465 e. The van der Waals surface area contributed by atoms with Crippen LogP contribution in [0.25, 0.3) is 0 Å². The van der Waals surface area contributed by atoms with Gasteiger partial charge >= 0.3 is 6.09 Å². The Bertz CT molecular complexity index is 175. The molecule has 1 amide bonds. The number of methoxy groups -OCH3 is 1. The van der Waals surface area contributed by atoms with Crippen molar-refractivity contribution in [2.75, 3.05) is 33.4 Å². The Hall–Kier alpha value is -0.810. The van der Waals surface area contributed by atoms with E-state index >= 15 is 0 Å². The smallest absolute Gasteiger partial charge is 0.407 e. The summed E-state index contributed by atoms with van der Waals surface area (Å²) >= 11 is 0. The molecule has 1 atom stereocenters. The maximum Gasteiger partial charge on any atom is 0.407 e. The molecule has 0 bridgehead atoms. The third-order valence-electron chi connectivity index (χ3n) is 2.25. The lowest BCUT2D eigenvalue weighted by Crippen LogP contribution is -2.53. The molecule has 0 aromatic rings. The topological polar surface area (TPSA) is 61.8 Å². The fourth-order valence-corrected chi connectivity index (χ4v) is 1.52. The SMILES string of the molecule is COCCC1CNCCN1C(=O)O. The second-order valence-electron chi connectivity index (χ2n) is 3.12. The van der Waals surface area contributed by atoms with Gasteiger partial charge in [0.25, 0.3) is 0 Å². The van der Waals surface area contributed by atoms with E-state index in [2.05, 4.69) is 5.32 Å². The molecule has 0 aliphatic carbocycles. The van der Waals surface area contributed by atoms with Gasteiger partial charge in [0.2, 0.25) is 0 Å². The number of nitrogens with one attached hydrogen (secondary N) is 1. The lowest BCUT2D eigenvalue weighted by atomic mass is 10.1. The Morgan fingerprint density at radius 2 is 2.54 bits per heavy atom. The number of ether oxygens (including phenoxy) is 1. The summed E-state index contributed by atoms with van der Waals surface area (Å²) in [5.74, 6) is 0. The van der Waals surface area contributed by atoms with Crippen molar-refractivity contribution in [1.82, 2.24) is 10.2 Å². The monoisotopic (exact) mass is 188 g/mol. The van der Waals surface area contributed by atoms with Crippen LogP contribution < -0.4 is 5.32 Å². The van der Waals surface area contributed by atoms with Crippen molar-refractivity contribution in [3.05, 3.63) is 0 Å². The Morgan fingerprint density at radius 1 is 1.77 bits per heavy atom. The molecule has 5 heteroatoms. The first-order chi connectivity index (χ1) is 6.25. The standard InChI is InChI=1S/C8H16N2O3/c1-13-5-2-7-6-9-3-4-10(7)8(11)12/h7,9H,2-6H2,1H3,(H,11,12). The van der Waals surface area contributed by atoms with Gasteiger partial charge in [-0.2, -0.15) is 0 Å². The van der Waals surface area contributed by atoms with Gasteiger partial charge in [-0.15, -0.1) is 0 Å². The average Bonchev–Trinajstić information content (AvgIpc) is 2.15. The van der Waals surface area contributed by atoms with Gasteiger partial charge in [0.05, 0.1) is 0 Å². The number of hydrogen-bond donors (Lipinski definition) is 2. The maximum atomic E-state index is 10.8. The predicted molar refractivity (Wildman–Crippen MR) is 47.9 cm³/mol. The molecule has 1 rings (SSSR count). The van der Waals surface area contributed by atoms with Crippen LogP contribution in [0, 0.1) is 0 Å². The van der Waals surface area contributed by atoms with Crippen molar-refractivity contribution in [3.8, 4) is 0 Å². The van der Waals surface area contributed by atoms with Crippen molar-refractivity contribution >= 4 is 6.09 Å². The van der Waals surface area contributed by atoms with E-state index in [-0.39, 0.29) is 6.04 Å². The number of piperazine rings is 1. The summed E-state index contributed by atoms with van der Waals surface area (Å²) in [6.07, 6.45) is -0.0712. The lowest BCUT2D eigenvalue weighted by Gasteiger charge is -2.33. The second-order valence-corrected chi connectivity index (χ2v) is 3.12. The average molecular weight is 188 g/mol. The summed E-state index contributed by atoms with van der Waals surface area (Å²) < 4.78 is 4.93. The zero-order valence-electron chi connectivity index (χ0n) is 7.82. The van der Waals surface area contributed by atoms with Crippen LogP contribution >= 0.6 is 0 Å². The molecule has 0 radical (unpaired) electrons. The highest BCUT2D eigenvalue weighted by atomic mass is 16.5. The quantitative estimate of drug-likeness (QED) is 0.653. The molecule has 1 fully saturated rings. The van der Waals surface area contributed by atoms with E-state index < -0.39 is 6.09 Å². The molecule has 1 heterocycles. The van der Waals surface area contributed by atoms with Crippen LogP contribution in [0.4, 0.5) is 4.79 Å². The van der Waals surface area contributed by atoms with Crippen LogP contribution in [-0.4, -0.2) is 55.5 Å². The third-order valence-corrected chi connectivity index (χ3v) is 2.25. The normalized spacial score (nSPS) is 23.2. The van der Waals surface area contributed by atoms with Crippen LogP contribution in [0.15, 0.2) is 0 Å². The minimum absolute atomic E-state index is 0.0613. The largest absolute Gasteiger partial charge is 0.465 e. The second kappa shape index (κ2) is 5.04. The van der Waals surface area contributed by atoms with Crippen molar-refractivity contribution < 1.29 is 14.6 Å². The molecule has 0 aromatic heterocycles. The first-order valence-electron chi connectivity index (χ1n) is 4.45. The molecule has 1 aliphatic heterocycles. The van der Waals surface area contributed by atoms with E-state index in [4.69, 9.17) is 9.84 Å². The Balaban J connectivity index is 2.41. The molecule has 1 unspecified atom stereocenters. The summed E-state index contributed by atoms with van der Waals surface area (Å²) in [5.41, 5.74) is 0. The molecular weight excluding hydrogens is 172 g/mol. The van der Waals surface area contributed by atoms with Gasteiger partial charge in [-0.3, -0.25) is 0 Å². The molecule has 0 saturated carbocycles. The van der Waals surface area contributed by atoms with Gasteiger partial charge in [0.15, 0.2) is 0 Å². The van der Waals surface area contributed by atoms with Crippen LogP contribution in [0.2, 0.25) is 0 Å². The summed E-state index contributed by atoms with van der Waals surface area (Å²) in [7, 11) is 1.63. The number of carboxylic acid groups (broad SMARTS) is 1. The van der Waals surface area contributed by atoms with E-state index in [1.54, 1.807) is 7.11 Å². The Kier molecular flexibility index (Phi) is 3.98. The fraction of sp³-hybridized carbons (Fsp3) is 0.875. The zero-order chi connectivity index (χ0) is 9.68. The van der Waals surface area contributed by atoms with Crippen molar-refractivity contribution in [3.63, 3.8) is 0 Å². The van der Waals surface area contributed by atoms with E-state index in [1.165, 1.54) is 4.90 Å². The molecule has 0 spiro atoms. The summed E-state index contributed by atoms with van der Waals surface area (Å²) in [6, 6.07) is 0.0613. The predicted octanol–water partition coefficient (Wildman–Crippen LogP) is -0.0253. The molecule has 0 aromatic carbocycles. The Labute approximate surface area is 77.7 Å². The number of rotatable bonds is 3. The molecular formula is C8H16N2O3. The van der Waals surface area contributed by atoms with E-state index in [0.29, 0.717) is 13.2 Å². The number of nitrogens with zero attached hydrogens (tertiary/aromatic N) is 1. The number of amides is 1. The molecule has 5 nitrogen and oxygen atoms in total. The summed E-state index contributed by atoms with van der Waals surface area (Å²) in [6.45, 7) is 2.66. The summed E-state index contributed by atoms with van der Waals surface area (Å²) in [5, 5.41) is 12.0. The van der Waals surface area contributed by atoms with Gasteiger partial charge in [-0.1, -0.05) is 0 Å². The molecule has 1 saturated heterocycles. The molecule has 13 heavy (non-hydrogen) atoms. The summed E-state index contributed by atoms with van der Waals surface area (Å²) in [4.78, 5) is 12.3. The van der Waals surface area contributed by atoms with Gasteiger partial charge in [-0.25, -0.2) is 4.79 Å². The zero-order valence-corrected chi connectivity index (χ0v) is 7.82. The fourth-order valence-electron chi connectivity index (χ4n) is 1.52. The van der Waals surface area contributed by atoms with Crippen molar-refractivity contribution in [2.45, 2.75) is 12.5 Å². The minimum atomic E-state index is -0.831. The van der Waals surface area contributed by atoms with Crippen molar-refractivity contribution in [1.29, 1.82) is 0 Å². The van der Waals surface area contributed by atoms with Gasteiger partial charge in [-0.05, 0) is 6.42 Å². The van der Waals surface area contributed by atoms with E-state index in [0.717, 1.165) is 19.5 Å². The van der Waals surface area contributed by atoms with Crippen molar-refractivity contribution in [2.24, 2.45) is 0 Å². The maximum absolute atomic E-state index is 10.8. The third kappa shape index (κ3) is 2.86. The number of carbonyl (C=O) groups is 1. The molecule has 1 aliphatic rings. The van der Waals surface area contributed by atoms with E-state index in [1.807, 2.05) is 0 Å². The highest BCUT2D eigenvalue weighted by molar-refractivity contribution is 5.65. The highest BCUT2D eigenvalue weighted by Gasteiger charge is 2.25. The first-order valence-corrected chi connectivity index (χ1v) is 4.45. The Morgan fingerprint density at radius 3 is 3.15 bits per heavy atom. The van der Waals surface area contributed by atoms with Crippen LogP contribution in [0.1, 0.15) is 6.42 Å². The van der Waals surface area contributed by atoms with Crippen LogP contribution in [-0.2, 0) is 4.74 Å².